The minimum absolute atomic E-state index is 0.0433. The van der Waals surface area contributed by atoms with Gasteiger partial charge in [-0.05, 0) is 12.8 Å². The Balaban J connectivity index is 5.34. The number of carbonyl (C=O) groups excluding carboxylic acids is 4. The molecule has 0 spiro atoms. The van der Waals surface area contributed by atoms with Crippen LogP contribution in [0.25, 0.3) is 0 Å². The molecule has 0 radical (unpaired) electrons. The maximum Gasteiger partial charge on any atom is 0.377 e. The summed E-state index contributed by atoms with van der Waals surface area (Å²) >= 11 is 0. The maximum atomic E-state index is 12.5. The van der Waals surface area contributed by atoms with Gasteiger partial charge in [-0.1, -0.05) is 13.8 Å². The fraction of sp³-hybridized carbons (Fsp3) is 0.769. The lowest BCUT2D eigenvalue weighted by Gasteiger charge is -2.25. The number of hydrogen-bond donors (Lipinski definition) is 2. The molecule has 242 valence electrons. The van der Waals surface area contributed by atoms with Gasteiger partial charge in [0, 0.05) is 0 Å². The molecule has 0 rings (SSSR count). The highest BCUT2D eigenvalue weighted by Crippen LogP contribution is 2.11. The number of carbonyl (C=O) groups is 6. The largest absolute Gasteiger partial charge is 0.479 e. The zero-order valence-corrected chi connectivity index (χ0v) is 25.7. The van der Waals surface area contributed by atoms with E-state index in [1.807, 2.05) is 42.3 Å². The molecular weight excluding hydrogens is 564 g/mol. The van der Waals surface area contributed by atoms with E-state index in [0.717, 1.165) is 0 Å². The Morgan fingerprint density at radius 1 is 0.571 bits per heavy atom. The number of rotatable bonds is 21. The van der Waals surface area contributed by atoms with Crippen molar-refractivity contribution >= 4 is 35.8 Å². The minimum atomic E-state index is -1.89. The van der Waals surface area contributed by atoms with E-state index in [-0.39, 0.29) is 26.1 Å². The van der Waals surface area contributed by atoms with Crippen molar-refractivity contribution in [3.05, 3.63) is 0 Å². The summed E-state index contributed by atoms with van der Waals surface area (Å²) < 4.78 is 31.4. The Bertz CT molecular complexity index is 851. The number of nitrogens with zero attached hydrogens (tertiary/aromatic N) is 2. The van der Waals surface area contributed by atoms with Crippen LogP contribution in [0.3, 0.4) is 0 Å². The Hall–Kier alpha value is -3.34. The van der Waals surface area contributed by atoms with E-state index in [4.69, 9.17) is 38.6 Å². The Labute approximate surface area is 245 Å². The van der Waals surface area contributed by atoms with Crippen molar-refractivity contribution in [1.29, 1.82) is 0 Å². The first-order chi connectivity index (χ1) is 19.3. The van der Waals surface area contributed by atoms with Gasteiger partial charge in [0.1, 0.15) is 26.3 Å². The number of quaternary nitrogens is 2. The van der Waals surface area contributed by atoms with E-state index in [0.29, 0.717) is 22.1 Å². The maximum absolute atomic E-state index is 12.5. The van der Waals surface area contributed by atoms with Gasteiger partial charge in [0.05, 0.1) is 55.1 Å². The number of esters is 4. The second-order valence-electron chi connectivity index (χ2n) is 11.3. The molecule has 0 aromatic rings. The highest BCUT2D eigenvalue weighted by atomic mass is 16.7. The molecule has 0 saturated heterocycles. The van der Waals surface area contributed by atoms with E-state index in [9.17, 15) is 28.8 Å². The highest BCUT2D eigenvalue weighted by molar-refractivity contribution is 5.84. The van der Waals surface area contributed by atoms with Crippen molar-refractivity contribution in [3.63, 3.8) is 0 Å². The van der Waals surface area contributed by atoms with Gasteiger partial charge in [-0.15, -0.1) is 0 Å². The second kappa shape index (κ2) is 18.3. The van der Waals surface area contributed by atoms with Gasteiger partial charge in [-0.2, -0.15) is 0 Å². The van der Waals surface area contributed by atoms with Gasteiger partial charge in [0.2, 0.25) is 0 Å². The molecule has 42 heavy (non-hydrogen) atoms. The number of likely N-dealkylation sites (N-methyl/N-ethyl adjacent to an activating group) is 2. The van der Waals surface area contributed by atoms with Crippen molar-refractivity contribution in [1.82, 2.24) is 0 Å². The van der Waals surface area contributed by atoms with Crippen LogP contribution in [0.15, 0.2) is 0 Å². The number of aliphatic carboxylic acids is 2. The van der Waals surface area contributed by atoms with E-state index < -0.39 is 73.4 Å². The Kier molecular flexibility index (Phi) is 16.8. The fourth-order valence-corrected chi connectivity index (χ4v) is 2.74. The first-order valence-corrected chi connectivity index (χ1v) is 13.4. The second-order valence-corrected chi connectivity index (χ2v) is 11.3. The van der Waals surface area contributed by atoms with E-state index in [1.54, 1.807) is 0 Å². The smallest absolute Gasteiger partial charge is 0.377 e. The summed E-state index contributed by atoms with van der Waals surface area (Å²) in [6.45, 7) is 3.66. The monoisotopic (exact) mass is 610 g/mol. The molecule has 0 amide bonds. The van der Waals surface area contributed by atoms with E-state index in [2.05, 4.69) is 0 Å². The van der Waals surface area contributed by atoms with Crippen LogP contribution >= 0.6 is 0 Å². The number of carboxylic acid groups (broad SMARTS) is 2. The number of hydrogen-bond acceptors (Lipinski definition) is 12. The quantitative estimate of drug-likeness (QED) is 0.0747. The van der Waals surface area contributed by atoms with Gasteiger partial charge in [-0.25, -0.2) is 19.2 Å². The standard InChI is InChI=1S/C26H44N2O14/c1-9-17(21(31)32)39-23(35)25(37-15-13-27(3,4)5)41-19(29)11-12-20(30)42-26(38-16-14-28(6,7)8)24(36)40-18(10-2)22(33)34/h17-18,25-26H,9-16H2,1-8H3/p+2. The van der Waals surface area contributed by atoms with E-state index in [1.165, 1.54) is 13.8 Å². The fourth-order valence-electron chi connectivity index (χ4n) is 2.74. The van der Waals surface area contributed by atoms with Crippen molar-refractivity contribution in [2.24, 2.45) is 0 Å². The third kappa shape index (κ3) is 17.5. The van der Waals surface area contributed by atoms with Crippen LogP contribution in [0, 0.1) is 0 Å². The molecule has 0 aromatic carbocycles. The van der Waals surface area contributed by atoms with Crippen molar-refractivity contribution in [2.75, 3.05) is 68.6 Å². The lowest BCUT2D eigenvalue weighted by atomic mass is 10.3. The molecule has 0 aliphatic heterocycles. The van der Waals surface area contributed by atoms with Crippen molar-refractivity contribution in [2.45, 2.75) is 64.3 Å². The molecule has 0 bridgehead atoms. The first-order valence-electron chi connectivity index (χ1n) is 13.4. The van der Waals surface area contributed by atoms with E-state index >= 15 is 0 Å². The lowest BCUT2D eigenvalue weighted by molar-refractivity contribution is -0.870. The zero-order valence-electron chi connectivity index (χ0n) is 25.7. The topological polar surface area (TPSA) is 198 Å². The summed E-state index contributed by atoms with van der Waals surface area (Å²) in [7, 11) is 11.1. The molecule has 4 atom stereocenters. The molecule has 0 saturated carbocycles. The van der Waals surface area contributed by atoms with Crippen LogP contribution in [0.5, 0.6) is 0 Å². The molecule has 0 aliphatic carbocycles. The summed E-state index contributed by atoms with van der Waals surface area (Å²) in [5, 5.41) is 18.3. The van der Waals surface area contributed by atoms with Gasteiger partial charge >= 0.3 is 48.4 Å². The average Bonchev–Trinajstić information content (AvgIpc) is 2.85. The van der Waals surface area contributed by atoms with Crippen LogP contribution < -0.4 is 0 Å². The summed E-state index contributed by atoms with van der Waals surface area (Å²) in [5.74, 6) is -7.42. The van der Waals surface area contributed by atoms with Gasteiger partial charge in [-0.3, -0.25) is 9.59 Å². The van der Waals surface area contributed by atoms with Crippen LogP contribution in [0.1, 0.15) is 39.5 Å². The zero-order chi connectivity index (χ0) is 32.7. The molecule has 0 aliphatic rings. The predicted octanol–water partition coefficient (Wildman–Crippen LogP) is -0.236. The lowest BCUT2D eigenvalue weighted by Crippen LogP contribution is -2.41. The van der Waals surface area contributed by atoms with Gasteiger partial charge in [0.25, 0.3) is 0 Å². The van der Waals surface area contributed by atoms with Crippen molar-refractivity contribution in [3.8, 4) is 0 Å². The molecule has 4 unspecified atom stereocenters. The highest BCUT2D eigenvalue weighted by Gasteiger charge is 2.33. The minimum Gasteiger partial charge on any atom is -0.479 e. The predicted molar refractivity (Wildman–Crippen MR) is 142 cm³/mol. The molecule has 0 fully saturated rings. The number of carboxylic acids is 2. The summed E-state index contributed by atoms with van der Waals surface area (Å²) in [6, 6.07) is 0. The summed E-state index contributed by atoms with van der Waals surface area (Å²) in [5.41, 5.74) is 0. The average molecular weight is 611 g/mol. The summed E-state index contributed by atoms with van der Waals surface area (Å²) in [6.07, 6.45) is -8.09. The molecule has 16 nitrogen and oxygen atoms in total. The molecular formula is C26H46N2O14+2. The third-order valence-corrected chi connectivity index (χ3v) is 5.27. The SMILES string of the molecule is CCC(OC(=O)C(OCC[N+](C)(C)C)OC(=O)CCC(=O)OC(OCC[N+](C)(C)C)C(=O)OC(CC)C(=O)O)C(=O)O. The van der Waals surface area contributed by atoms with Crippen LogP contribution in [0.2, 0.25) is 0 Å². The Morgan fingerprint density at radius 2 is 0.881 bits per heavy atom. The molecule has 16 heteroatoms. The molecule has 2 N–H and O–H groups in total. The van der Waals surface area contributed by atoms with Crippen LogP contribution in [-0.4, -0.2) is 148 Å². The number of ether oxygens (including phenoxy) is 6. The summed E-state index contributed by atoms with van der Waals surface area (Å²) in [4.78, 5) is 72.4. The molecule has 0 heterocycles. The molecule has 0 aromatic heterocycles. The third-order valence-electron chi connectivity index (χ3n) is 5.27. The van der Waals surface area contributed by atoms with Gasteiger partial charge < -0.3 is 47.6 Å². The van der Waals surface area contributed by atoms with Crippen LogP contribution in [-0.2, 0) is 57.2 Å². The Morgan fingerprint density at radius 3 is 1.12 bits per heavy atom. The van der Waals surface area contributed by atoms with Crippen LogP contribution in [0.4, 0.5) is 0 Å². The van der Waals surface area contributed by atoms with Crippen molar-refractivity contribution < 1.29 is 76.4 Å². The van der Waals surface area contributed by atoms with Gasteiger partial charge in [0.15, 0.2) is 12.2 Å². The first kappa shape index (κ1) is 38.7. The normalized spacial score (nSPS) is 14.6.